The van der Waals surface area contributed by atoms with Gasteiger partial charge in [-0.2, -0.15) is 0 Å². The van der Waals surface area contributed by atoms with Crippen LogP contribution in [0.15, 0.2) is 42.5 Å². The van der Waals surface area contributed by atoms with Crippen molar-refractivity contribution in [2.75, 3.05) is 33.3 Å². The highest BCUT2D eigenvalue weighted by Gasteiger charge is 2.34. The van der Waals surface area contributed by atoms with E-state index < -0.39 is 6.10 Å². The number of carbonyl (C=O) groups is 1. The van der Waals surface area contributed by atoms with Crippen molar-refractivity contribution >= 4 is 5.91 Å². The predicted molar refractivity (Wildman–Crippen MR) is 98.5 cm³/mol. The van der Waals surface area contributed by atoms with Crippen LogP contribution in [0.3, 0.4) is 0 Å². The van der Waals surface area contributed by atoms with Crippen molar-refractivity contribution in [1.82, 2.24) is 4.90 Å². The van der Waals surface area contributed by atoms with Gasteiger partial charge in [0.15, 0.2) is 6.10 Å². The zero-order valence-electron chi connectivity index (χ0n) is 15.4. The molecule has 0 aromatic heterocycles. The minimum atomic E-state index is -0.410. The van der Waals surface area contributed by atoms with Crippen molar-refractivity contribution in [3.8, 4) is 11.5 Å². The SMILES string of the molecule is COc1ccc(F)cc1C[NH+]1CCN(C(=O)[C@H]2Cc3ccccc3O2)CC1. The number of benzene rings is 2. The molecule has 142 valence electrons. The molecule has 1 saturated heterocycles. The fraction of sp³-hybridized carbons (Fsp3) is 0.381. The molecule has 1 fully saturated rings. The lowest BCUT2D eigenvalue weighted by Crippen LogP contribution is -3.13. The summed E-state index contributed by atoms with van der Waals surface area (Å²) in [6.45, 7) is 3.70. The van der Waals surface area contributed by atoms with Gasteiger partial charge in [0, 0.05) is 6.42 Å². The lowest BCUT2D eigenvalue weighted by atomic mass is 10.1. The van der Waals surface area contributed by atoms with E-state index >= 15 is 0 Å². The second-order valence-electron chi connectivity index (χ2n) is 7.13. The highest BCUT2D eigenvalue weighted by Crippen LogP contribution is 2.29. The van der Waals surface area contributed by atoms with Gasteiger partial charge in [-0.25, -0.2) is 4.39 Å². The van der Waals surface area contributed by atoms with Gasteiger partial charge >= 0.3 is 0 Å². The van der Waals surface area contributed by atoms with E-state index in [2.05, 4.69) is 0 Å². The summed E-state index contributed by atoms with van der Waals surface area (Å²) in [5, 5.41) is 0. The predicted octanol–water partition coefficient (Wildman–Crippen LogP) is 1.07. The quantitative estimate of drug-likeness (QED) is 0.874. The van der Waals surface area contributed by atoms with Crippen LogP contribution in [0.1, 0.15) is 11.1 Å². The number of methoxy groups -OCH3 is 1. The van der Waals surface area contributed by atoms with Crippen LogP contribution in [-0.2, 0) is 17.8 Å². The van der Waals surface area contributed by atoms with Crippen LogP contribution in [0.5, 0.6) is 11.5 Å². The average molecular weight is 371 g/mol. The molecule has 0 unspecified atom stereocenters. The van der Waals surface area contributed by atoms with E-state index in [0.717, 1.165) is 30.0 Å². The summed E-state index contributed by atoms with van der Waals surface area (Å²) >= 11 is 0. The molecule has 1 atom stereocenters. The molecule has 27 heavy (non-hydrogen) atoms. The zero-order chi connectivity index (χ0) is 18.8. The van der Waals surface area contributed by atoms with Crippen LogP contribution in [-0.4, -0.2) is 50.2 Å². The molecular weight excluding hydrogens is 347 g/mol. The molecule has 5 nitrogen and oxygen atoms in total. The molecule has 0 radical (unpaired) electrons. The van der Waals surface area contributed by atoms with Crippen molar-refractivity contribution in [2.24, 2.45) is 0 Å². The van der Waals surface area contributed by atoms with Gasteiger partial charge in [0.05, 0.1) is 38.9 Å². The summed E-state index contributed by atoms with van der Waals surface area (Å²) in [5.74, 6) is 1.34. The molecule has 2 aromatic rings. The summed E-state index contributed by atoms with van der Waals surface area (Å²) in [5.41, 5.74) is 1.96. The Morgan fingerprint density at radius 1 is 1.26 bits per heavy atom. The summed E-state index contributed by atoms with van der Waals surface area (Å²) in [4.78, 5) is 16.0. The van der Waals surface area contributed by atoms with Crippen LogP contribution < -0.4 is 14.4 Å². The van der Waals surface area contributed by atoms with Crippen LogP contribution in [0.25, 0.3) is 0 Å². The van der Waals surface area contributed by atoms with E-state index in [1.54, 1.807) is 13.2 Å². The number of hydrogen-bond donors (Lipinski definition) is 1. The number of fused-ring (bicyclic) bond motifs is 1. The van der Waals surface area contributed by atoms with Gasteiger partial charge in [0.1, 0.15) is 23.9 Å². The highest BCUT2D eigenvalue weighted by atomic mass is 19.1. The minimum absolute atomic E-state index is 0.0635. The number of piperazine rings is 1. The van der Waals surface area contributed by atoms with Crippen LogP contribution in [0.4, 0.5) is 4.39 Å². The normalized spacial score (nSPS) is 19.5. The Hall–Kier alpha value is -2.60. The molecule has 2 aliphatic heterocycles. The number of para-hydroxylation sites is 1. The standard InChI is InChI=1S/C21H23FN2O3/c1-26-18-7-6-17(22)12-16(18)14-23-8-10-24(11-9-23)21(25)20-13-15-4-2-3-5-19(15)27-20/h2-7,12,20H,8-11,13-14H2,1H3/p+1/t20-/m1/s1. The van der Waals surface area contributed by atoms with Gasteiger partial charge in [0.25, 0.3) is 5.91 Å². The highest BCUT2D eigenvalue weighted by molar-refractivity contribution is 5.82. The molecule has 0 bridgehead atoms. The number of amides is 1. The van der Waals surface area contributed by atoms with Crippen molar-refractivity contribution in [1.29, 1.82) is 0 Å². The third-order valence-electron chi connectivity index (χ3n) is 5.39. The zero-order valence-corrected chi connectivity index (χ0v) is 15.4. The minimum Gasteiger partial charge on any atom is -0.496 e. The number of rotatable bonds is 4. The first kappa shape index (κ1) is 17.8. The average Bonchev–Trinajstić information content (AvgIpc) is 3.12. The van der Waals surface area contributed by atoms with Crippen molar-refractivity contribution in [3.05, 3.63) is 59.4 Å². The van der Waals surface area contributed by atoms with E-state index in [0.29, 0.717) is 31.8 Å². The first-order chi connectivity index (χ1) is 13.1. The first-order valence-electron chi connectivity index (χ1n) is 9.33. The maximum Gasteiger partial charge on any atom is 0.264 e. The van der Waals surface area contributed by atoms with E-state index in [4.69, 9.17) is 9.47 Å². The van der Waals surface area contributed by atoms with Gasteiger partial charge in [-0.1, -0.05) is 18.2 Å². The smallest absolute Gasteiger partial charge is 0.264 e. The van der Waals surface area contributed by atoms with E-state index in [1.165, 1.54) is 17.0 Å². The molecule has 1 N–H and O–H groups in total. The second kappa shape index (κ2) is 7.56. The van der Waals surface area contributed by atoms with Gasteiger partial charge in [0.2, 0.25) is 0 Å². The fourth-order valence-electron chi connectivity index (χ4n) is 3.90. The molecular formula is C21H24FN2O3+. The number of nitrogens with one attached hydrogen (secondary N) is 1. The summed E-state index contributed by atoms with van der Waals surface area (Å²) in [6.07, 6.45) is 0.231. The Bertz CT molecular complexity index is 809. The number of carbonyl (C=O) groups excluding carboxylic acids is 1. The molecule has 1 amide bonds. The summed E-state index contributed by atoms with van der Waals surface area (Å²) < 4.78 is 24.7. The fourth-order valence-corrected chi connectivity index (χ4v) is 3.90. The molecule has 2 aliphatic rings. The van der Waals surface area contributed by atoms with Crippen molar-refractivity contribution in [2.45, 2.75) is 19.1 Å². The van der Waals surface area contributed by atoms with Crippen molar-refractivity contribution < 1.29 is 23.6 Å². The lowest BCUT2D eigenvalue weighted by Gasteiger charge is -2.33. The topological polar surface area (TPSA) is 43.2 Å². The molecule has 4 rings (SSSR count). The number of nitrogens with zero attached hydrogens (tertiary/aromatic N) is 1. The third-order valence-corrected chi connectivity index (χ3v) is 5.39. The Morgan fingerprint density at radius 2 is 2.04 bits per heavy atom. The number of ether oxygens (including phenoxy) is 2. The lowest BCUT2D eigenvalue weighted by molar-refractivity contribution is -0.917. The Balaban J connectivity index is 1.33. The van der Waals surface area contributed by atoms with Crippen LogP contribution >= 0.6 is 0 Å². The third kappa shape index (κ3) is 3.76. The van der Waals surface area contributed by atoms with E-state index in [1.807, 2.05) is 29.2 Å². The van der Waals surface area contributed by atoms with Gasteiger partial charge in [-0.05, 0) is 29.8 Å². The molecule has 0 spiro atoms. The van der Waals surface area contributed by atoms with Crippen LogP contribution in [0, 0.1) is 5.82 Å². The summed E-state index contributed by atoms with van der Waals surface area (Å²) in [7, 11) is 1.60. The Morgan fingerprint density at radius 3 is 2.78 bits per heavy atom. The maximum atomic E-state index is 13.6. The molecule has 2 heterocycles. The molecule has 0 aliphatic carbocycles. The van der Waals surface area contributed by atoms with Crippen LogP contribution in [0.2, 0.25) is 0 Å². The Kier molecular flexibility index (Phi) is 4.99. The first-order valence-corrected chi connectivity index (χ1v) is 9.33. The largest absolute Gasteiger partial charge is 0.496 e. The molecule has 0 saturated carbocycles. The molecule has 2 aromatic carbocycles. The molecule has 6 heteroatoms. The number of quaternary nitrogens is 1. The Labute approximate surface area is 158 Å². The number of hydrogen-bond acceptors (Lipinski definition) is 3. The van der Waals surface area contributed by atoms with Gasteiger partial charge < -0.3 is 19.3 Å². The van der Waals surface area contributed by atoms with Gasteiger partial charge in [-0.15, -0.1) is 0 Å². The maximum absolute atomic E-state index is 13.6. The monoisotopic (exact) mass is 371 g/mol. The van der Waals surface area contributed by atoms with Gasteiger partial charge in [-0.3, -0.25) is 4.79 Å². The van der Waals surface area contributed by atoms with E-state index in [-0.39, 0.29) is 11.7 Å². The van der Waals surface area contributed by atoms with E-state index in [9.17, 15) is 9.18 Å². The second-order valence-corrected chi connectivity index (χ2v) is 7.13. The van der Waals surface area contributed by atoms with Crippen molar-refractivity contribution in [3.63, 3.8) is 0 Å². The summed E-state index contributed by atoms with van der Waals surface area (Å²) in [6, 6.07) is 12.4. The number of halogens is 1.